The Morgan fingerprint density at radius 1 is 0.950 bits per heavy atom. The number of halogens is 1. The first-order chi connectivity index (χ1) is 9.59. The Morgan fingerprint density at radius 2 is 1.60 bits per heavy atom. The predicted octanol–water partition coefficient (Wildman–Crippen LogP) is 3.25. The second kappa shape index (κ2) is 6.88. The fourth-order valence-electron chi connectivity index (χ4n) is 1.88. The Labute approximate surface area is 124 Å². The molecule has 0 atom stereocenters. The van der Waals surface area contributed by atoms with Crippen LogP contribution < -0.4 is 4.72 Å². The molecule has 0 saturated carbocycles. The number of nitrogens with one attached hydrogen (secondary N) is 1. The molecule has 20 heavy (non-hydrogen) atoms. The topological polar surface area (TPSA) is 46.2 Å². The van der Waals surface area contributed by atoms with Crippen LogP contribution in [0.5, 0.6) is 0 Å². The minimum absolute atomic E-state index is 0.126. The van der Waals surface area contributed by atoms with E-state index >= 15 is 0 Å². The predicted molar refractivity (Wildman–Crippen MR) is 81.4 cm³/mol. The van der Waals surface area contributed by atoms with Crippen molar-refractivity contribution >= 4 is 21.6 Å². The van der Waals surface area contributed by atoms with Crippen molar-refractivity contribution in [2.75, 3.05) is 6.54 Å². The quantitative estimate of drug-likeness (QED) is 0.833. The second-order valence-electron chi connectivity index (χ2n) is 4.42. The molecule has 0 spiro atoms. The Bertz CT molecular complexity index is 657. The third-order valence-corrected chi connectivity index (χ3v) is 4.86. The van der Waals surface area contributed by atoms with Crippen molar-refractivity contribution in [3.63, 3.8) is 0 Å². The summed E-state index contributed by atoms with van der Waals surface area (Å²) in [5, 5.41) is 0.239. The Kier molecular flexibility index (Phi) is 5.17. The zero-order chi connectivity index (χ0) is 14.4. The van der Waals surface area contributed by atoms with Gasteiger partial charge < -0.3 is 0 Å². The Balaban J connectivity index is 1.89. The molecular formula is C15H16ClNO2S. The lowest BCUT2D eigenvalue weighted by Gasteiger charge is -2.08. The number of rotatable bonds is 6. The van der Waals surface area contributed by atoms with Gasteiger partial charge in [0, 0.05) is 6.54 Å². The summed E-state index contributed by atoms with van der Waals surface area (Å²) in [6.45, 7) is 0.391. The zero-order valence-corrected chi connectivity index (χ0v) is 12.5. The van der Waals surface area contributed by atoms with Gasteiger partial charge in [-0.3, -0.25) is 0 Å². The van der Waals surface area contributed by atoms with Gasteiger partial charge in [-0.15, -0.1) is 0 Å². The average Bonchev–Trinajstić information content (AvgIpc) is 2.45. The lowest BCUT2D eigenvalue weighted by molar-refractivity contribution is 0.579. The largest absolute Gasteiger partial charge is 0.242 e. The number of hydrogen-bond acceptors (Lipinski definition) is 2. The van der Waals surface area contributed by atoms with Crippen LogP contribution in [0.4, 0.5) is 0 Å². The van der Waals surface area contributed by atoms with E-state index in [0.29, 0.717) is 6.54 Å². The highest BCUT2D eigenvalue weighted by molar-refractivity contribution is 7.89. The third-order valence-electron chi connectivity index (χ3n) is 2.90. The lowest BCUT2D eigenvalue weighted by Crippen LogP contribution is -2.25. The molecule has 0 bridgehead atoms. The van der Waals surface area contributed by atoms with Gasteiger partial charge in [0.15, 0.2) is 0 Å². The van der Waals surface area contributed by atoms with Crippen molar-refractivity contribution in [2.45, 2.75) is 17.7 Å². The lowest BCUT2D eigenvalue weighted by atomic mass is 10.1. The summed E-state index contributed by atoms with van der Waals surface area (Å²) in [7, 11) is -3.53. The van der Waals surface area contributed by atoms with Crippen LogP contribution in [-0.4, -0.2) is 15.0 Å². The molecule has 2 aromatic carbocycles. The minimum atomic E-state index is -3.53. The van der Waals surface area contributed by atoms with E-state index in [-0.39, 0.29) is 9.92 Å². The van der Waals surface area contributed by atoms with Gasteiger partial charge in [0.05, 0.1) is 5.02 Å². The van der Waals surface area contributed by atoms with Gasteiger partial charge >= 0.3 is 0 Å². The van der Waals surface area contributed by atoms with Gasteiger partial charge in [-0.25, -0.2) is 13.1 Å². The first-order valence-electron chi connectivity index (χ1n) is 6.38. The summed E-state index contributed by atoms with van der Waals surface area (Å²) in [4.78, 5) is 0.126. The van der Waals surface area contributed by atoms with E-state index in [1.54, 1.807) is 18.2 Å². The van der Waals surface area contributed by atoms with Crippen LogP contribution in [0.1, 0.15) is 12.0 Å². The highest BCUT2D eigenvalue weighted by atomic mass is 35.5. The first-order valence-corrected chi connectivity index (χ1v) is 8.24. The molecule has 0 saturated heterocycles. The molecule has 0 aromatic heterocycles. The van der Waals surface area contributed by atoms with E-state index in [0.717, 1.165) is 12.8 Å². The smallest absolute Gasteiger partial charge is 0.211 e. The summed E-state index contributed by atoms with van der Waals surface area (Å²) < 4.78 is 26.7. The van der Waals surface area contributed by atoms with Crippen LogP contribution in [-0.2, 0) is 16.4 Å². The van der Waals surface area contributed by atoms with E-state index < -0.39 is 10.0 Å². The standard InChI is InChI=1S/C15H16ClNO2S/c16-14-10-4-5-11-15(14)20(18,19)17-12-6-9-13-7-2-1-3-8-13/h1-5,7-8,10-11,17H,6,9,12H2. The van der Waals surface area contributed by atoms with Gasteiger partial charge in [-0.05, 0) is 30.5 Å². The first kappa shape index (κ1) is 15.0. The SMILES string of the molecule is O=S(=O)(NCCCc1ccccc1)c1ccccc1Cl. The van der Waals surface area contributed by atoms with Crippen molar-refractivity contribution in [2.24, 2.45) is 0 Å². The Morgan fingerprint density at radius 3 is 2.30 bits per heavy atom. The van der Waals surface area contributed by atoms with Gasteiger partial charge in [0.25, 0.3) is 0 Å². The molecule has 5 heteroatoms. The number of sulfonamides is 1. The molecule has 106 valence electrons. The molecule has 0 radical (unpaired) electrons. The summed E-state index contributed by atoms with van der Waals surface area (Å²) in [6.07, 6.45) is 1.58. The molecule has 3 nitrogen and oxygen atoms in total. The summed E-state index contributed by atoms with van der Waals surface area (Å²) in [5.41, 5.74) is 1.20. The number of aryl methyl sites for hydroxylation is 1. The summed E-state index contributed by atoms with van der Waals surface area (Å²) in [6, 6.07) is 16.4. The molecule has 0 aliphatic heterocycles. The summed E-state index contributed by atoms with van der Waals surface area (Å²) >= 11 is 5.90. The molecule has 0 fully saturated rings. The van der Waals surface area contributed by atoms with Crippen molar-refractivity contribution in [3.8, 4) is 0 Å². The van der Waals surface area contributed by atoms with Crippen LogP contribution in [0.2, 0.25) is 5.02 Å². The van der Waals surface area contributed by atoms with Crippen LogP contribution in [0.3, 0.4) is 0 Å². The van der Waals surface area contributed by atoms with Gasteiger partial charge in [-0.2, -0.15) is 0 Å². The van der Waals surface area contributed by atoms with Crippen LogP contribution in [0, 0.1) is 0 Å². The second-order valence-corrected chi connectivity index (χ2v) is 6.56. The highest BCUT2D eigenvalue weighted by Gasteiger charge is 2.16. The molecule has 0 aliphatic carbocycles. The fourth-order valence-corrected chi connectivity index (χ4v) is 3.48. The van der Waals surface area contributed by atoms with Gasteiger partial charge in [-0.1, -0.05) is 54.1 Å². The minimum Gasteiger partial charge on any atom is -0.211 e. The van der Waals surface area contributed by atoms with Gasteiger partial charge in [0.2, 0.25) is 10.0 Å². The summed E-state index contributed by atoms with van der Waals surface area (Å²) in [5.74, 6) is 0. The van der Waals surface area contributed by atoms with E-state index in [2.05, 4.69) is 4.72 Å². The third kappa shape index (κ3) is 4.07. The maximum Gasteiger partial charge on any atom is 0.242 e. The van der Waals surface area contributed by atoms with Crippen molar-refractivity contribution < 1.29 is 8.42 Å². The highest BCUT2D eigenvalue weighted by Crippen LogP contribution is 2.20. The molecule has 0 aliphatic rings. The van der Waals surface area contributed by atoms with Gasteiger partial charge in [0.1, 0.15) is 4.90 Å². The van der Waals surface area contributed by atoms with Crippen LogP contribution in [0.25, 0.3) is 0 Å². The van der Waals surface area contributed by atoms with Crippen LogP contribution >= 0.6 is 11.6 Å². The van der Waals surface area contributed by atoms with E-state index in [1.165, 1.54) is 11.6 Å². The molecule has 2 aromatic rings. The van der Waals surface area contributed by atoms with E-state index in [9.17, 15) is 8.42 Å². The molecule has 1 N–H and O–H groups in total. The zero-order valence-electron chi connectivity index (χ0n) is 10.9. The monoisotopic (exact) mass is 309 g/mol. The normalized spacial score (nSPS) is 11.4. The molecule has 0 heterocycles. The van der Waals surface area contributed by atoms with Crippen molar-refractivity contribution in [1.29, 1.82) is 0 Å². The van der Waals surface area contributed by atoms with Crippen molar-refractivity contribution in [1.82, 2.24) is 4.72 Å². The molecule has 0 amide bonds. The maximum absolute atomic E-state index is 12.1. The molecular weight excluding hydrogens is 294 g/mol. The van der Waals surface area contributed by atoms with Crippen LogP contribution in [0.15, 0.2) is 59.5 Å². The number of benzene rings is 2. The van der Waals surface area contributed by atoms with E-state index in [4.69, 9.17) is 11.6 Å². The fraction of sp³-hybridized carbons (Fsp3) is 0.200. The Hall–Kier alpha value is -1.36. The van der Waals surface area contributed by atoms with Crippen molar-refractivity contribution in [3.05, 3.63) is 65.2 Å². The maximum atomic E-state index is 12.1. The number of hydrogen-bond donors (Lipinski definition) is 1. The average molecular weight is 310 g/mol. The molecule has 0 unspecified atom stereocenters. The van der Waals surface area contributed by atoms with E-state index in [1.807, 2.05) is 30.3 Å². The molecule has 2 rings (SSSR count).